The zero-order chi connectivity index (χ0) is 8.97. The molecule has 0 aromatic carbocycles. The Bertz CT molecular complexity index is 128. The minimum atomic E-state index is -0.0325. The van der Waals surface area contributed by atoms with Crippen LogP contribution in [-0.4, -0.2) is 44.0 Å². The second-order valence-corrected chi connectivity index (χ2v) is 3.48. The van der Waals surface area contributed by atoms with Gasteiger partial charge in [-0.25, -0.2) is 0 Å². The molecule has 0 unspecified atom stereocenters. The van der Waals surface area contributed by atoms with Crippen LogP contribution >= 0.6 is 0 Å². The summed E-state index contributed by atoms with van der Waals surface area (Å²) in [7, 11) is 1.70. The van der Waals surface area contributed by atoms with Crippen molar-refractivity contribution in [3.05, 3.63) is 0 Å². The van der Waals surface area contributed by atoms with Crippen molar-refractivity contribution in [2.45, 2.75) is 32.6 Å². The van der Waals surface area contributed by atoms with Gasteiger partial charge in [-0.1, -0.05) is 0 Å². The summed E-state index contributed by atoms with van der Waals surface area (Å²) in [6.07, 6.45) is 1.08. The van der Waals surface area contributed by atoms with Crippen LogP contribution in [0, 0.1) is 0 Å². The normalized spacial score (nSPS) is 27.5. The summed E-state index contributed by atoms with van der Waals surface area (Å²) in [5, 5.41) is 0. The van der Waals surface area contributed by atoms with Gasteiger partial charge >= 0.3 is 0 Å². The third kappa shape index (κ3) is 2.73. The predicted octanol–water partition coefficient (Wildman–Crippen LogP) is 1.09. The third-order valence-corrected chi connectivity index (χ3v) is 2.27. The molecule has 1 aliphatic heterocycles. The maximum atomic E-state index is 5.47. The molecule has 1 rings (SSSR count). The Morgan fingerprint density at radius 2 is 2.25 bits per heavy atom. The van der Waals surface area contributed by atoms with Crippen molar-refractivity contribution in [3.63, 3.8) is 0 Å². The van der Waals surface area contributed by atoms with Gasteiger partial charge in [-0.15, -0.1) is 0 Å². The summed E-state index contributed by atoms with van der Waals surface area (Å²) < 4.78 is 10.7. The molecule has 0 amide bonds. The van der Waals surface area contributed by atoms with Crippen molar-refractivity contribution in [3.8, 4) is 0 Å². The topological polar surface area (TPSA) is 21.7 Å². The van der Waals surface area contributed by atoms with Crippen LogP contribution in [0.15, 0.2) is 0 Å². The number of methoxy groups -OCH3 is 1. The molecule has 72 valence electrons. The highest BCUT2D eigenvalue weighted by molar-refractivity contribution is 4.67. The van der Waals surface area contributed by atoms with Crippen LogP contribution in [0.4, 0.5) is 0 Å². The van der Waals surface area contributed by atoms with Crippen molar-refractivity contribution < 1.29 is 9.47 Å². The van der Waals surface area contributed by atoms with Crippen LogP contribution in [0.25, 0.3) is 0 Å². The molecule has 1 saturated heterocycles. The SMILES string of the molecule is CO[C@H]1CN(C(C)C)CCCO1. The molecule has 0 spiro atoms. The zero-order valence-corrected chi connectivity index (χ0v) is 8.25. The highest BCUT2D eigenvalue weighted by Gasteiger charge is 2.19. The first-order valence-electron chi connectivity index (χ1n) is 4.62. The molecule has 3 heteroatoms. The van der Waals surface area contributed by atoms with Gasteiger partial charge in [0.2, 0.25) is 0 Å². The molecule has 1 heterocycles. The number of rotatable bonds is 2. The zero-order valence-electron chi connectivity index (χ0n) is 8.25. The highest BCUT2D eigenvalue weighted by atomic mass is 16.7. The Morgan fingerprint density at radius 1 is 1.50 bits per heavy atom. The summed E-state index contributed by atoms with van der Waals surface area (Å²) in [6, 6.07) is 0.587. The van der Waals surface area contributed by atoms with E-state index < -0.39 is 0 Å². The standard InChI is InChI=1S/C9H19NO2/c1-8(2)10-5-4-6-12-9(7-10)11-3/h8-9H,4-7H2,1-3H3/t9-/m1/s1. The first-order chi connectivity index (χ1) is 5.74. The Balaban J connectivity index is 2.42. The fourth-order valence-corrected chi connectivity index (χ4v) is 1.43. The van der Waals surface area contributed by atoms with E-state index >= 15 is 0 Å². The van der Waals surface area contributed by atoms with E-state index in [1.807, 2.05) is 0 Å². The van der Waals surface area contributed by atoms with Gasteiger partial charge in [-0.05, 0) is 20.3 Å². The number of ether oxygens (including phenoxy) is 2. The second-order valence-electron chi connectivity index (χ2n) is 3.48. The average molecular weight is 173 g/mol. The Morgan fingerprint density at radius 3 is 2.83 bits per heavy atom. The van der Waals surface area contributed by atoms with E-state index in [0.29, 0.717) is 6.04 Å². The van der Waals surface area contributed by atoms with Gasteiger partial charge in [0.05, 0.1) is 6.61 Å². The van der Waals surface area contributed by atoms with E-state index in [9.17, 15) is 0 Å². The summed E-state index contributed by atoms with van der Waals surface area (Å²) >= 11 is 0. The van der Waals surface area contributed by atoms with Crippen LogP contribution < -0.4 is 0 Å². The molecule has 3 nitrogen and oxygen atoms in total. The minimum absolute atomic E-state index is 0.0325. The first-order valence-corrected chi connectivity index (χ1v) is 4.62. The molecule has 0 aromatic heterocycles. The third-order valence-electron chi connectivity index (χ3n) is 2.27. The maximum Gasteiger partial charge on any atom is 0.169 e. The molecule has 12 heavy (non-hydrogen) atoms. The van der Waals surface area contributed by atoms with Gasteiger partial charge in [0.25, 0.3) is 0 Å². The van der Waals surface area contributed by atoms with Gasteiger partial charge in [0.1, 0.15) is 0 Å². The molecule has 1 atom stereocenters. The molecule has 0 aliphatic carbocycles. The van der Waals surface area contributed by atoms with Crippen molar-refractivity contribution >= 4 is 0 Å². The van der Waals surface area contributed by atoms with Gasteiger partial charge < -0.3 is 9.47 Å². The first kappa shape index (κ1) is 9.96. The van der Waals surface area contributed by atoms with Crippen LogP contribution in [0.3, 0.4) is 0 Å². The fourth-order valence-electron chi connectivity index (χ4n) is 1.43. The molecule has 0 radical (unpaired) electrons. The lowest BCUT2D eigenvalue weighted by molar-refractivity contribution is -0.124. The van der Waals surface area contributed by atoms with Crippen LogP contribution in [-0.2, 0) is 9.47 Å². The molecule has 0 N–H and O–H groups in total. The summed E-state index contributed by atoms with van der Waals surface area (Å²) in [4.78, 5) is 2.39. The Hall–Kier alpha value is -0.120. The Labute approximate surface area is 74.6 Å². The van der Waals surface area contributed by atoms with E-state index in [0.717, 1.165) is 26.1 Å². The molecule has 0 bridgehead atoms. The molecular weight excluding hydrogens is 154 g/mol. The largest absolute Gasteiger partial charge is 0.355 e. The van der Waals surface area contributed by atoms with E-state index in [1.165, 1.54) is 0 Å². The van der Waals surface area contributed by atoms with Crippen LogP contribution in [0.1, 0.15) is 20.3 Å². The Kier molecular flexibility index (Phi) is 3.98. The molecular formula is C9H19NO2. The van der Waals surface area contributed by atoms with Gasteiger partial charge in [0.15, 0.2) is 6.29 Å². The van der Waals surface area contributed by atoms with Gasteiger partial charge in [0, 0.05) is 26.2 Å². The average Bonchev–Trinajstić information content (AvgIpc) is 2.28. The maximum absolute atomic E-state index is 5.47. The summed E-state index contributed by atoms with van der Waals surface area (Å²) in [5.41, 5.74) is 0. The predicted molar refractivity (Wildman–Crippen MR) is 48.1 cm³/mol. The van der Waals surface area contributed by atoms with Crippen LogP contribution in [0.5, 0.6) is 0 Å². The molecule has 0 aromatic rings. The lowest BCUT2D eigenvalue weighted by atomic mass is 10.3. The van der Waals surface area contributed by atoms with Gasteiger partial charge in [-0.2, -0.15) is 0 Å². The van der Waals surface area contributed by atoms with Crippen LogP contribution in [0.2, 0.25) is 0 Å². The molecule has 0 saturated carbocycles. The summed E-state index contributed by atoms with van der Waals surface area (Å²) in [6.45, 7) is 7.25. The highest BCUT2D eigenvalue weighted by Crippen LogP contribution is 2.09. The minimum Gasteiger partial charge on any atom is -0.355 e. The monoisotopic (exact) mass is 173 g/mol. The second kappa shape index (κ2) is 4.80. The van der Waals surface area contributed by atoms with Crippen molar-refractivity contribution in [2.75, 3.05) is 26.8 Å². The summed E-state index contributed by atoms with van der Waals surface area (Å²) in [5.74, 6) is 0. The van der Waals surface area contributed by atoms with Crippen molar-refractivity contribution in [1.29, 1.82) is 0 Å². The van der Waals surface area contributed by atoms with E-state index in [4.69, 9.17) is 9.47 Å². The number of hydrogen-bond acceptors (Lipinski definition) is 3. The lowest BCUT2D eigenvalue weighted by Gasteiger charge is -2.26. The fraction of sp³-hybridized carbons (Fsp3) is 1.00. The molecule has 1 fully saturated rings. The smallest absolute Gasteiger partial charge is 0.169 e. The van der Waals surface area contributed by atoms with Crippen molar-refractivity contribution in [1.82, 2.24) is 4.90 Å². The van der Waals surface area contributed by atoms with E-state index in [2.05, 4.69) is 18.7 Å². The van der Waals surface area contributed by atoms with E-state index in [1.54, 1.807) is 7.11 Å². The van der Waals surface area contributed by atoms with E-state index in [-0.39, 0.29) is 6.29 Å². The number of nitrogens with zero attached hydrogens (tertiary/aromatic N) is 1. The molecule has 1 aliphatic rings. The quantitative estimate of drug-likeness (QED) is 0.624. The van der Waals surface area contributed by atoms with Crippen molar-refractivity contribution in [2.24, 2.45) is 0 Å². The number of hydrogen-bond donors (Lipinski definition) is 0. The lowest BCUT2D eigenvalue weighted by Crippen LogP contribution is -2.37. The van der Waals surface area contributed by atoms with Gasteiger partial charge in [-0.3, -0.25) is 4.90 Å².